The highest BCUT2D eigenvalue weighted by Crippen LogP contribution is 2.30. The van der Waals surface area contributed by atoms with Gasteiger partial charge in [0.25, 0.3) is 5.91 Å². The lowest BCUT2D eigenvalue weighted by atomic mass is 10.1. The number of ether oxygens (including phenoxy) is 1. The molecule has 0 N–H and O–H groups in total. The number of nitrogens with zero attached hydrogens (tertiary/aromatic N) is 2. The monoisotopic (exact) mass is 280 g/mol. The van der Waals surface area contributed by atoms with Crippen LogP contribution in [0.4, 0.5) is 0 Å². The second-order valence-corrected chi connectivity index (χ2v) is 5.73. The lowest BCUT2D eigenvalue weighted by Crippen LogP contribution is -2.23. The van der Waals surface area contributed by atoms with Crippen LogP contribution in [0.1, 0.15) is 34.1 Å². The quantitative estimate of drug-likeness (QED) is 0.849. The smallest absolute Gasteiger partial charge is 0.256 e. The maximum Gasteiger partial charge on any atom is 0.256 e. The van der Waals surface area contributed by atoms with Crippen LogP contribution in [0.15, 0.2) is 36.5 Å². The molecular formula is C17H16N2O2. The Bertz CT molecular complexity index is 726. The van der Waals surface area contributed by atoms with E-state index in [1.165, 1.54) is 5.56 Å². The number of amides is 1. The number of hydrogen-bond donors (Lipinski definition) is 0. The maximum absolute atomic E-state index is 12.3. The average molecular weight is 280 g/mol. The first kappa shape index (κ1) is 12.4. The minimum atomic E-state index is 0.0724. The van der Waals surface area contributed by atoms with Gasteiger partial charge in [-0.15, -0.1) is 0 Å². The van der Waals surface area contributed by atoms with E-state index in [0.29, 0.717) is 13.1 Å². The van der Waals surface area contributed by atoms with Gasteiger partial charge in [0.05, 0.1) is 17.8 Å². The summed E-state index contributed by atoms with van der Waals surface area (Å²) in [4.78, 5) is 18.5. The molecule has 1 aromatic carbocycles. The molecule has 3 heterocycles. The van der Waals surface area contributed by atoms with Crippen molar-refractivity contribution in [1.82, 2.24) is 9.88 Å². The summed E-state index contributed by atoms with van der Waals surface area (Å²) in [6.45, 7) is 3.29. The average Bonchev–Trinajstić information content (AvgIpc) is 2.99. The van der Waals surface area contributed by atoms with E-state index in [0.717, 1.165) is 29.0 Å². The number of carbonyl (C=O) groups is 1. The van der Waals surface area contributed by atoms with Gasteiger partial charge in [-0.1, -0.05) is 12.1 Å². The highest BCUT2D eigenvalue weighted by Gasteiger charge is 2.28. The number of pyridine rings is 1. The lowest BCUT2D eigenvalue weighted by Gasteiger charge is -2.15. The summed E-state index contributed by atoms with van der Waals surface area (Å²) in [6.07, 6.45) is 2.93. The number of aromatic nitrogens is 1. The number of fused-ring (bicyclic) bond motifs is 2. The summed E-state index contributed by atoms with van der Waals surface area (Å²) in [5, 5.41) is 0. The fraction of sp³-hybridized carbons (Fsp3) is 0.294. The zero-order valence-corrected chi connectivity index (χ0v) is 11.9. The van der Waals surface area contributed by atoms with Gasteiger partial charge in [-0.2, -0.15) is 0 Å². The maximum atomic E-state index is 12.3. The van der Waals surface area contributed by atoms with Crippen LogP contribution in [0.3, 0.4) is 0 Å². The first-order valence-corrected chi connectivity index (χ1v) is 7.22. The molecule has 21 heavy (non-hydrogen) atoms. The molecule has 0 bridgehead atoms. The van der Waals surface area contributed by atoms with E-state index >= 15 is 0 Å². The van der Waals surface area contributed by atoms with E-state index in [1.807, 2.05) is 29.2 Å². The van der Waals surface area contributed by atoms with E-state index in [1.54, 1.807) is 6.20 Å². The van der Waals surface area contributed by atoms with Crippen molar-refractivity contribution in [2.45, 2.75) is 32.5 Å². The Balaban J connectivity index is 1.56. The Morgan fingerprint density at radius 3 is 3.14 bits per heavy atom. The van der Waals surface area contributed by atoms with Crippen LogP contribution in [0.2, 0.25) is 0 Å². The molecule has 0 fully saturated rings. The molecule has 0 saturated carbocycles. The zero-order valence-electron chi connectivity index (χ0n) is 11.9. The topological polar surface area (TPSA) is 42.4 Å². The third-order valence-electron chi connectivity index (χ3n) is 4.08. The molecule has 2 aromatic rings. The molecule has 2 aliphatic rings. The van der Waals surface area contributed by atoms with E-state index < -0.39 is 0 Å². The highest BCUT2D eigenvalue weighted by molar-refractivity contribution is 5.97. The van der Waals surface area contributed by atoms with Crippen LogP contribution >= 0.6 is 0 Å². The molecule has 0 aliphatic carbocycles. The Kier molecular flexibility index (Phi) is 2.70. The van der Waals surface area contributed by atoms with Gasteiger partial charge in [0.15, 0.2) is 0 Å². The number of rotatable bonds is 2. The molecule has 0 spiro atoms. The van der Waals surface area contributed by atoms with Crippen molar-refractivity contribution < 1.29 is 9.53 Å². The van der Waals surface area contributed by atoms with Crippen molar-refractivity contribution in [2.24, 2.45) is 0 Å². The number of carbonyl (C=O) groups excluding carboxylic acids is 1. The van der Waals surface area contributed by atoms with E-state index in [9.17, 15) is 4.79 Å². The summed E-state index contributed by atoms with van der Waals surface area (Å²) in [5.74, 6) is 1.05. The van der Waals surface area contributed by atoms with Crippen LogP contribution in [-0.2, 0) is 19.5 Å². The van der Waals surface area contributed by atoms with Crippen molar-refractivity contribution in [3.05, 3.63) is 58.9 Å². The van der Waals surface area contributed by atoms with Crippen molar-refractivity contribution >= 4 is 5.91 Å². The van der Waals surface area contributed by atoms with Crippen LogP contribution in [0.25, 0.3) is 0 Å². The van der Waals surface area contributed by atoms with Gasteiger partial charge in [0.1, 0.15) is 11.9 Å². The molecule has 1 aromatic heterocycles. The molecular weight excluding hydrogens is 264 g/mol. The Morgan fingerprint density at radius 1 is 1.38 bits per heavy atom. The van der Waals surface area contributed by atoms with Gasteiger partial charge < -0.3 is 9.64 Å². The minimum absolute atomic E-state index is 0.0724. The predicted octanol–water partition coefficient (Wildman–Crippen LogP) is 2.56. The molecule has 4 rings (SSSR count). The Hall–Kier alpha value is -2.36. The number of hydrogen-bond acceptors (Lipinski definition) is 3. The second kappa shape index (κ2) is 4.58. The van der Waals surface area contributed by atoms with Crippen molar-refractivity contribution in [3.8, 4) is 5.75 Å². The van der Waals surface area contributed by atoms with Gasteiger partial charge in [-0.3, -0.25) is 9.78 Å². The zero-order chi connectivity index (χ0) is 14.4. The third-order valence-corrected chi connectivity index (χ3v) is 4.08. The molecule has 4 heteroatoms. The summed E-state index contributed by atoms with van der Waals surface area (Å²) in [7, 11) is 0. The molecule has 4 nitrogen and oxygen atoms in total. The second-order valence-electron chi connectivity index (χ2n) is 5.73. The predicted molar refractivity (Wildman–Crippen MR) is 78.1 cm³/mol. The Morgan fingerprint density at radius 2 is 2.29 bits per heavy atom. The van der Waals surface area contributed by atoms with Crippen molar-refractivity contribution in [2.75, 3.05) is 0 Å². The summed E-state index contributed by atoms with van der Waals surface area (Å²) in [6, 6.07) is 9.88. The normalized spacial score (nSPS) is 19.4. The first-order chi connectivity index (χ1) is 10.2. The lowest BCUT2D eigenvalue weighted by molar-refractivity contribution is 0.0766. The summed E-state index contributed by atoms with van der Waals surface area (Å²) >= 11 is 0. The summed E-state index contributed by atoms with van der Waals surface area (Å²) in [5.41, 5.74) is 3.99. The van der Waals surface area contributed by atoms with E-state index in [2.05, 4.69) is 18.0 Å². The largest absolute Gasteiger partial charge is 0.490 e. The fourth-order valence-corrected chi connectivity index (χ4v) is 3.10. The molecule has 2 aliphatic heterocycles. The molecule has 0 saturated heterocycles. The van der Waals surface area contributed by atoms with E-state index in [4.69, 9.17) is 4.74 Å². The van der Waals surface area contributed by atoms with Gasteiger partial charge in [0, 0.05) is 19.2 Å². The van der Waals surface area contributed by atoms with Crippen LogP contribution in [0, 0.1) is 0 Å². The van der Waals surface area contributed by atoms with Crippen LogP contribution in [0.5, 0.6) is 5.75 Å². The molecule has 106 valence electrons. The first-order valence-electron chi connectivity index (χ1n) is 7.22. The Labute approximate surface area is 123 Å². The van der Waals surface area contributed by atoms with Crippen molar-refractivity contribution in [1.29, 1.82) is 0 Å². The number of benzene rings is 1. The van der Waals surface area contributed by atoms with E-state index in [-0.39, 0.29) is 12.0 Å². The standard InChI is InChI=1S/C17H16N2O2/c1-11-7-13-8-12(4-5-16(13)21-11)9-19-10-15-14(17(19)20)3-2-6-18-15/h2-6,8,11H,7,9-10H2,1H3. The molecule has 1 amide bonds. The van der Waals surface area contributed by atoms with Gasteiger partial charge >= 0.3 is 0 Å². The molecule has 1 unspecified atom stereocenters. The van der Waals surface area contributed by atoms with Crippen LogP contribution in [-0.4, -0.2) is 21.9 Å². The van der Waals surface area contributed by atoms with Gasteiger partial charge in [0.2, 0.25) is 0 Å². The SMILES string of the molecule is CC1Cc2cc(CN3Cc4ncccc4C3=O)ccc2O1. The third kappa shape index (κ3) is 2.07. The highest BCUT2D eigenvalue weighted by atomic mass is 16.5. The minimum Gasteiger partial charge on any atom is -0.490 e. The van der Waals surface area contributed by atoms with Crippen molar-refractivity contribution in [3.63, 3.8) is 0 Å². The molecule has 0 radical (unpaired) electrons. The van der Waals surface area contributed by atoms with Gasteiger partial charge in [-0.25, -0.2) is 0 Å². The van der Waals surface area contributed by atoms with Crippen LogP contribution < -0.4 is 4.74 Å². The molecule has 1 atom stereocenters. The fourth-order valence-electron chi connectivity index (χ4n) is 3.10. The summed E-state index contributed by atoms with van der Waals surface area (Å²) < 4.78 is 5.71. The van der Waals surface area contributed by atoms with Gasteiger partial charge in [-0.05, 0) is 36.2 Å².